The first kappa shape index (κ1) is 14.9. The quantitative estimate of drug-likeness (QED) is 0.578. The summed E-state index contributed by atoms with van der Waals surface area (Å²) in [4.78, 5) is 24.8. The summed E-state index contributed by atoms with van der Waals surface area (Å²) >= 11 is 0. The van der Waals surface area contributed by atoms with Crippen molar-refractivity contribution in [2.75, 3.05) is 19.6 Å². The second kappa shape index (κ2) is 7.33. The van der Waals surface area contributed by atoms with Gasteiger partial charge in [-0.25, -0.2) is 0 Å². The minimum atomic E-state index is -0.823. The normalized spacial score (nSPS) is 19.4. The number of primary amides is 1. The molecule has 2 amide bonds. The predicted octanol–water partition coefficient (Wildman–Crippen LogP) is -0.820. The molecule has 1 fully saturated rings. The number of nitrogens with two attached hydrogens (primary N) is 2. The van der Waals surface area contributed by atoms with Gasteiger partial charge in [-0.2, -0.15) is 0 Å². The van der Waals surface area contributed by atoms with Crippen molar-refractivity contribution in [1.29, 1.82) is 0 Å². The summed E-state index contributed by atoms with van der Waals surface area (Å²) in [6.45, 7) is 5.28. The lowest BCUT2D eigenvalue weighted by Gasteiger charge is -2.32. The Bertz CT molecular complexity index is 288. The number of piperidine rings is 1. The summed E-state index contributed by atoms with van der Waals surface area (Å²) in [5.41, 5.74) is 10.6. The highest BCUT2D eigenvalue weighted by molar-refractivity contribution is 5.87. The van der Waals surface area contributed by atoms with Gasteiger partial charge in [0.15, 0.2) is 0 Å². The van der Waals surface area contributed by atoms with Gasteiger partial charge in [0.2, 0.25) is 11.8 Å². The van der Waals surface area contributed by atoms with E-state index in [1.807, 2.05) is 0 Å². The molecule has 5 N–H and O–H groups in total. The second-order valence-corrected chi connectivity index (χ2v) is 4.90. The van der Waals surface area contributed by atoms with Crippen LogP contribution in [0.15, 0.2) is 0 Å². The summed E-state index contributed by atoms with van der Waals surface area (Å²) in [6, 6.07) is -0.652. The van der Waals surface area contributed by atoms with E-state index in [-0.39, 0.29) is 18.4 Å². The molecule has 1 saturated heterocycles. The first-order chi connectivity index (χ1) is 8.52. The largest absolute Gasteiger partial charge is 0.370 e. The van der Waals surface area contributed by atoms with Gasteiger partial charge in [0.1, 0.15) is 0 Å². The van der Waals surface area contributed by atoms with Crippen LogP contribution in [0.5, 0.6) is 0 Å². The van der Waals surface area contributed by atoms with Crippen molar-refractivity contribution in [3.8, 4) is 0 Å². The molecule has 0 aromatic carbocycles. The molecule has 0 saturated carbocycles. The first-order valence-corrected chi connectivity index (χ1v) is 6.59. The van der Waals surface area contributed by atoms with E-state index in [1.165, 1.54) is 0 Å². The molecule has 6 heteroatoms. The van der Waals surface area contributed by atoms with E-state index < -0.39 is 11.9 Å². The Kier molecular flexibility index (Phi) is 6.07. The third-order valence-electron chi connectivity index (χ3n) is 3.23. The summed E-state index contributed by atoms with van der Waals surface area (Å²) in [7, 11) is 0. The van der Waals surface area contributed by atoms with Crippen LogP contribution in [0.3, 0.4) is 0 Å². The van der Waals surface area contributed by atoms with Crippen LogP contribution in [0.25, 0.3) is 0 Å². The average Bonchev–Trinajstić information content (AvgIpc) is 2.31. The van der Waals surface area contributed by atoms with Crippen LogP contribution in [0.2, 0.25) is 0 Å². The van der Waals surface area contributed by atoms with Gasteiger partial charge in [-0.1, -0.05) is 6.92 Å². The van der Waals surface area contributed by atoms with Crippen molar-refractivity contribution >= 4 is 11.8 Å². The zero-order valence-electron chi connectivity index (χ0n) is 11.0. The molecule has 1 aliphatic rings. The molecule has 6 nitrogen and oxygen atoms in total. The molecule has 104 valence electrons. The number of rotatable bonds is 6. The van der Waals surface area contributed by atoms with Gasteiger partial charge in [0, 0.05) is 19.1 Å². The summed E-state index contributed by atoms with van der Waals surface area (Å²) in [5, 5.41) is 2.89. The van der Waals surface area contributed by atoms with Crippen LogP contribution in [-0.4, -0.2) is 48.4 Å². The first-order valence-electron chi connectivity index (χ1n) is 6.59. The fourth-order valence-electron chi connectivity index (χ4n) is 2.23. The number of hydrogen-bond acceptors (Lipinski definition) is 4. The Morgan fingerprint density at radius 1 is 1.39 bits per heavy atom. The number of carbonyl (C=O) groups excluding carboxylic acids is 2. The van der Waals surface area contributed by atoms with Crippen LogP contribution in [-0.2, 0) is 9.59 Å². The summed E-state index contributed by atoms with van der Waals surface area (Å²) in [5.74, 6) is -0.821. The fraction of sp³-hybridized carbons (Fsp3) is 0.833. The van der Waals surface area contributed by atoms with Gasteiger partial charge >= 0.3 is 0 Å². The maximum Gasteiger partial charge on any atom is 0.237 e. The maximum atomic E-state index is 11.7. The highest BCUT2D eigenvalue weighted by Crippen LogP contribution is 2.10. The van der Waals surface area contributed by atoms with Gasteiger partial charge in [0.05, 0.1) is 12.5 Å². The van der Waals surface area contributed by atoms with Crippen molar-refractivity contribution in [1.82, 2.24) is 10.2 Å². The molecule has 1 rings (SSSR count). The smallest absolute Gasteiger partial charge is 0.237 e. The van der Waals surface area contributed by atoms with E-state index >= 15 is 0 Å². The van der Waals surface area contributed by atoms with Crippen LogP contribution >= 0.6 is 0 Å². The Hall–Kier alpha value is -1.14. The van der Waals surface area contributed by atoms with E-state index in [4.69, 9.17) is 11.5 Å². The van der Waals surface area contributed by atoms with Gasteiger partial charge in [0.25, 0.3) is 0 Å². The fourth-order valence-corrected chi connectivity index (χ4v) is 2.23. The van der Waals surface area contributed by atoms with Crippen LogP contribution in [0, 0.1) is 0 Å². The highest BCUT2D eigenvalue weighted by atomic mass is 16.2. The molecule has 18 heavy (non-hydrogen) atoms. The molecule has 1 aliphatic heterocycles. The molecule has 1 heterocycles. The minimum Gasteiger partial charge on any atom is -0.370 e. The van der Waals surface area contributed by atoms with E-state index in [1.54, 1.807) is 0 Å². The zero-order chi connectivity index (χ0) is 13.5. The SMILES string of the molecule is CCCN1CCC(NC(=O)C(N)CC(N)=O)CC1. The van der Waals surface area contributed by atoms with Gasteiger partial charge < -0.3 is 21.7 Å². The Balaban J connectivity index is 2.27. The number of amides is 2. The van der Waals surface area contributed by atoms with Crippen molar-refractivity contribution in [3.05, 3.63) is 0 Å². The number of carbonyl (C=O) groups is 2. The predicted molar refractivity (Wildman–Crippen MR) is 69.7 cm³/mol. The lowest BCUT2D eigenvalue weighted by molar-refractivity contribution is -0.127. The van der Waals surface area contributed by atoms with Crippen molar-refractivity contribution < 1.29 is 9.59 Å². The Labute approximate surface area is 108 Å². The van der Waals surface area contributed by atoms with E-state index in [0.29, 0.717) is 0 Å². The minimum absolute atomic E-state index is 0.0967. The van der Waals surface area contributed by atoms with Gasteiger partial charge in [-0.15, -0.1) is 0 Å². The van der Waals surface area contributed by atoms with Crippen molar-refractivity contribution in [3.63, 3.8) is 0 Å². The summed E-state index contributed by atoms with van der Waals surface area (Å²) in [6.07, 6.45) is 2.94. The van der Waals surface area contributed by atoms with Crippen molar-refractivity contribution in [2.24, 2.45) is 11.5 Å². The summed E-state index contributed by atoms with van der Waals surface area (Å²) < 4.78 is 0. The van der Waals surface area contributed by atoms with E-state index in [0.717, 1.165) is 38.9 Å². The van der Waals surface area contributed by atoms with Crippen molar-refractivity contribution in [2.45, 2.75) is 44.7 Å². The topological polar surface area (TPSA) is 101 Å². The van der Waals surface area contributed by atoms with Crippen LogP contribution in [0.1, 0.15) is 32.6 Å². The Morgan fingerprint density at radius 2 is 2.00 bits per heavy atom. The van der Waals surface area contributed by atoms with E-state index in [2.05, 4.69) is 17.1 Å². The van der Waals surface area contributed by atoms with Crippen LogP contribution < -0.4 is 16.8 Å². The van der Waals surface area contributed by atoms with Crippen LogP contribution in [0.4, 0.5) is 0 Å². The number of nitrogens with zero attached hydrogens (tertiary/aromatic N) is 1. The monoisotopic (exact) mass is 256 g/mol. The molecule has 1 unspecified atom stereocenters. The third-order valence-corrected chi connectivity index (χ3v) is 3.23. The molecule has 0 spiro atoms. The second-order valence-electron chi connectivity index (χ2n) is 4.90. The molecule has 0 radical (unpaired) electrons. The average molecular weight is 256 g/mol. The molecule has 0 aliphatic carbocycles. The lowest BCUT2D eigenvalue weighted by atomic mass is 10.0. The molecule has 0 bridgehead atoms. The number of likely N-dealkylation sites (tertiary alicyclic amines) is 1. The molecule has 0 aromatic heterocycles. The standard InChI is InChI=1S/C12H24N4O2/c1-2-5-16-6-3-9(4-7-16)15-12(18)10(13)8-11(14)17/h9-10H,2-8,13H2,1H3,(H2,14,17)(H,15,18). The molecule has 0 aromatic rings. The van der Waals surface area contributed by atoms with Gasteiger partial charge in [-0.3, -0.25) is 9.59 Å². The third kappa shape index (κ3) is 5.01. The molecule has 1 atom stereocenters. The Morgan fingerprint density at radius 3 is 2.50 bits per heavy atom. The number of nitrogens with one attached hydrogen (secondary N) is 1. The molecular formula is C12H24N4O2. The van der Waals surface area contributed by atoms with Gasteiger partial charge in [-0.05, 0) is 25.8 Å². The number of hydrogen-bond donors (Lipinski definition) is 3. The zero-order valence-corrected chi connectivity index (χ0v) is 11.0. The lowest BCUT2D eigenvalue weighted by Crippen LogP contribution is -2.50. The highest BCUT2D eigenvalue weighted by Gasteiger charge is 2.23. The maximum absolute atomic E-state index is 11.7. The van der Waals surface area contributed by atoms with E-state index in [9.17, 15) is 9.59 Å². The molecular weight excluding hydrogens is 232 g/mol.